The number of hydrogen-bond donors (Lipinski definition) is 1. The second-order valence-corrected chi connectivity index (χ2v) is 5.57. The summed E-state index contributed by atoms with van der Waals surface area (Å²) in [7, 11) is 0. The predicted molar refractivity (Wildman–Crippen MR) is 68.4 cm³/mol. The van der Waals surface area contributed by atoms with Gasteiger partial charge in [0.05, 0.1) is 18.3 Å². The first kappa shape index (κ1) is 11.0. The Kier molecular flexibility index (Phi) is 2.99. The van der Waals surface area contributed by atoms with Crippen molar-refractivity contribution in [3.05, 3.63) is 40.1 Å². The Hall–Kier alpha value is -1.13. The number of aliphatic hydroxyl groups is 1. The van der Waals surface area contributed by atoms with Crippen LogP contribution in [0.2, 0.25) is 0 Å². The molecule has 0 amide bonds. The Morgan fingerprint density at radius 3 is 3.24 bits per heavy atom. The van der Waals surface area contributed by atoms with Crippen molar-refractivity contribution in [3.63, 3.8) is 0 Å². The van der Waals surface area contributed by atoms with Gasteiger partial charge < -0.3 is 9.67 Å². The van der Waals surface area contributed by atoms with Gasteiger partial charge in [0, 0.05) is 23.9 Å². The molecule has 0 saturated heterocycles. The fourth-order valence-corrected chi connectivity index (χ4v) is 3.20. The minimum absolute atomic E-state index is 0.224. The van der Waals surface area contributed by atoms with Crippen LogP contribution in [-0.4, -0.2) is 21.3 Å². The summed E-state index contributed by atoms with van der Waals surface area (Å²) in [5.74, 6) is 1.14. The molecular formula is C13H16N2OS. The summed E-state index contributed by atoms with van der Waals surface area (Å²) in [6.07, 6.45) is 6.28. The molecule has 1 aliphatic heterocycles. The zero-order valence-corrected chi connectivity index (χ0v) is 10.5. The second-order valence-electron chi connectivity index (χ2n) is 4.54. The highest BCUT2D eigenvalue weighted by Gasteiger charge is 2.20. The van der Waals surface area contributed by atoms with E-state index in [0.29, 0.717) is 0 Å². The van der Waals surface area contributed by atoms with Gasteiger partial charge >= 0.3 is 0 Å². The molecule has 1 unspecified atom stereocenters. The lowest BCUT2D eigenvalue weighted by Gasteiger charge is -2.22. The van der Waals surface area contributed by atoms with E-state index >= 15 is 0 Å². The zero-order chi connectivity index (χ0) is 11.7. The van der Waals surface area contributed by atoms with Crippen LogP contribution in [0.1, 0.15) is 35.3 Å². The molecule has 0 radical (unpaired) electrons. The van der Waals surface area contributed by atoms with Crippen molar-refractivity contribution in [2.24, 2.45) is 0 Å². The van der Waals surface area contributed by atoms with Gasteiger partial charge in [-0.25, -0.2) is 4.98 Å². The Balaban J connectivity index is 1.85. The number of aromatic nitrogens is 2. The Bertz CT molecular complexity index is 489. The highest BCUT2D eigenvalue weighted by molar-refractivity contribution is 7.09. The Morgan fingerprint density at radius 2 is 2.47 bits per heavy atom. The van der Waals surface area contributed by atoms with E-state index in [1.807, 2.05) is 0 Å². The smallest absolute Gasteiger partial charge is 0.109 e. The molecule has 17 heavy (non-hydrogen) atoms. The van der Waals surface area contributed by atoms with Gasteiger partial charge in [-0.15, -0.1) is 11.3 Å². The molecule has 3 rings (SSSR count). The molecule has 1 aliphatic rings. The van der Waals surface area contributed by atoms with E-state index in [9.17, 15) is 5.11 Å². The van der Waals surface area contributed by atoms with Crippen LogP contribution in [0, 0.1) is 0 Å². The minimum Gasteiger partial charge on any atom is -0.394 e. The molecule has 3 nitrogen and oxygen atoms in total. The van der Waals surface area contributed by atoms with Gasteiger partial charge in [0.2, 0.25) is 0 Å². The molecule has 1 N–H and O–H groups in total. The number of thiophene rings is 1. The van der Waals surface area contributed by atoms with Crippen molar-refractivity contribution < 1.29 is 5.11 Å². The predicted octanol–water partition coefficient (Wildman–Crippen LogP) is 2.41. The van der Waals surface area contributed by atoms with Gasteiger partial charge in [-0.2, -0.15) is 0 Å². The fraction of sp³-hybridized carbons (Fsp3) is 0.462. The quantitative estimate of drug-likeness (QED) is 0.905. The van der Waals surface area contributed by atoms with Gasteiger partial charge in [0.1, 0.15) is 5.82 Å². The van der Waals surface area contributed by atoms with E-state index in [-0.39, 0.29) is 12.6 Å². The summed E-state index contributed by atoms with van der Waals surface area (Å²) < 4.78 is 2.17. The number of fused-ring (bicyclic) bond motifs is 1. The molecule has 0 saturated carbocycles. The molecule has 0 spiro atoms. The van der Waals surface area contributed by atoms with Gasteiger partial charge in [-0.05, 0) is 24.3 Å². The van der Waals surface area contributed by atoms with Crippen molar-refractivity contribution in [2.75, 3.05) is 6.61 Å². The van der Waals surface area contributed by atoms with E-state index in [4.69, 9.17) is 0 Å². The minimum atomic E-state index is 0.224. The van der Waals surface area contributed by atoms with Gasteiger partial charge in [0.15, 0.2) is 0 Å². The summed E-state index contributed by atoms with van der Waals surface area (Å²) in [5, 5.41) is 11.5. The Labute approximate surface area is 105 Å². The molecule has 1 atom stereocenters. The van der Waals surface area contributed by atoms with Gasteiger partial charge in [0.25, 0.3) is 0 Å². The van der Waals surface area contributed by atoms with Crippen molar-refractivity contribution in [1.82, 2.24) is 9.55 Å². The maximum absolute atomic E-state index is 9.36. The highest BCUT2D eigenvalue weighted by Crippen LogP contribution is 2.25. The van der Waals surface area contributed by atoms with Crippen LogP contribution in [0.4, 0.5) is 0 Å². The van der Waals surface area contributed by atoms with E-state index < -0.39 is 0 Å². The molecule has 2 aromatic rings. The summed E-state index contributed by atoms with van der Waals surface area (Å²) >= 11 is 1.77. The first-order valence-electron chi connectivity index (χ1n) is 6.06. The zero-order valence-electron chi connectivity index (χ0n) is 9.67. The summed E-state index contributed by atoms with van der Waals surface area (Å²) in [6.45, 7) is 0.224. The number of aryl methyl sites for hydroxylation is 1. The third-order valence-electron chi connectivity index (χ3n) is 3.34. The second kappa shape index (κ2) is 4.63. The Morgan fingerprint density at radius 1 is 1.53 bits per heavy atom. The first-order valence-corrected chi connectivity index (χ1v) is 6.94. The van der Waals surface area contributed by atoms with Crippen molar-refractivity contribution in [1.29, 1.82) is 0 Å². The molecule has 3 heterocycles. The number of rotatable bonds is 3. The molecule has 0 aromatic carbocycles. The number of hydrogen-bond acceptors (Lipinski definition) is 3. The summed E-state index contributed by atoms with van der Waals surface area (Å²) in [4.78, 5) is 6.03. The van der Waals surface area contributed by atoms with E-state index in [0.717, 1.165) is 37.2 Å². The van der Waals surface area contributed by atoms with Crippen LogP contribution in [-0.2, 0) is 12.8 Å². The average molecular weight is 248 g/mol. The van der Waals surface area contributed by atoms with Crippen LogP contribution < -0.4 is 0 Å². The molecule has 0 bridgehead atoms. The molecule has 2 aromatic heterocycles. The maximum atomic E-state index is 9.36. The van der Waals surface area contributed by atoms with Crippen LogP contribution in [0.3, 0.4) is 0 Å². The monoisotopic (exact) mass is 248 g/mol. The molecule has 0 fully saturated rings. The lowest BCUT2D eigenvalue weighted by molar-refractivity contribution is 0.206. The lowest BCUT2D eigenvalue weighted by Crippen LogP contribution is -2.20. The summed E-state index contributed by atoms with van der Waals surface area (Å²) in [5.41, 5.74) is 1.13. The normalized spacial score (nSPS) is 19.2. The largest absolute Gasteiger partial charge is 0.394 e. The van der Waals surface area contributed by atoms with Crippen molar-refractivity contribution in [2.45, 2.75) is 31.7 Å². The fourth-order valence-electron chi connectivity index (χ4n) is 2.48. The average Bonchev–Trinajstić information content (AvgIpc) is 2.97. The molecule has 0 aliphatic carbocycles. The van der Waals surface area contributed by atoms with E-state index in [1.54, 1.807) is 11.3 Å². The van der Waals surface area contributed by atoms with Gasteiger partial charge in [-0.1, -0.05) is 6.07 Å². The topological polar surface area (TPSA) is 38.1 Å². The third-order valence-corrected chi connectivity index (χ3v) is 4.21. The maximum Gasteiger partial charge on any atom is 0.109 e. The van der Waals surface area contributed by atoms with E-state index in [1.165, 1.54) is 4.88 Å². The molecule has 90 valence electrons. The molecular weight excluding hydrogens is 232 g/mol. The van der Waals surface area contributed by atoms with Gasteiger partial charge in [-0.3, -0.25) is 0 Å². The van der Waals surface area contributed by atoms with Crippen molar-refractivity contribution in [3.8, 4) is 0 Å². The summed E-state index contributed by atoms with van der Waals surface area (Å²) in [6, 6.07) is 4.46. The number of nitrogens with zero attached hydrogens (tertiary/aromatic N) is 2. The highest BCUT2D eigenvalue weighted by atomic mass is 32.1. The van der Waals surface area contributed by atoms with Crippen LogP contribution in [0.15, 0.2) is 23.7 Å². The van der Waals surface area contributed by atoms with E-state index in [2.05, 4.69) is 33.3 Å². The third kappa shape index (κ3) is 2.15. The SMILES string of the molecule is OCC1CCCc2nc(Cc3cccs3)cn21. The molecule has 4 heteroatoms. The van der Waals surface area contributed by atoms with Crippen LogP contribution in [0.5, 0.6) is 0 Å². The van der Waals surface area contributed by atoms with Crippen LogP contribution in [0.25, 0.3) is 0 Å². The lowest BCUT2D eigenvalue weighted by atomic mass is 10.1. The number of aliphatic hydroxyl groups excluding tert-OH is 1. The standard InChI is InChI=1S/C13H16N2OS/c16-9-11-3-1-5-13-14-10(8-15(11)13)7-12-4-2-6-17-12/h2,4,6,8,11,16H,1,3,5,7,9H2. The number of imidazole rings is 1. The van der Waals surface area contributed by atoms with Crippen LogP contribution >= 0.6 is 11.3 Å². The first-order chi connectivity index (χ1) is 8.36. The van der Waals surface area contributed by atoms with Crippen molar-refractivity contribution >= 4 is 11.3 Å².